The zero-order valence-electron chi connectivity index (χ0n) is 10.9. The van der Waals surface area contributed by atoms with E-state index in [0.717, 1.165) is 13.0 Å². The molecule has 4 nitrogen and oxygen atoms in total. The summed E-state index contributed by atoms with van der Waals surface area (Å²) in [5.41, 5.74) is 12.4. The van der Waals surface area contributed by atoms with Crippen molar-refractivity contribution >= 4 is 17.2 Å². The number of rotatable bonds is 4. The fourth-order valence-electron chi connectivity index (χ4n) is 2.73. The van der Waals surface area contributed by atoms with Gasteiger partial charge in [0.1, 0.15) is 0 Å². The number of nitrogens with two attached hydrogens (primary N) is 2. The molecule has 0 aliphatic carbocycles. The van der Waals surface area contributed by atoms with Gasteiger partial charge in [0.15, 0.2) is 0 Å². The number of carbonyl (C=O) groups is 1. The van der Waals surface area contributed by atoms with Crippen LogP contribution < -0.4 is 11.5 Å². The van der Waals surface area contributed by atoms with Gasteiger partial charge in [0, 0.05) is 12.6 Å². The van der Waals surface area contributed by atoms with Crippen LogP contribution in [0.1, 0.15) is 31.9 Å². The van der Waals surface area contributed by atoms with Crippen molar-refractivity contribution in [3.05, 3.63) is 22.4 Å². The van der Waals surface area contributed by atoms with E-state index >= 15 is 0 Å². The molecule has 2 heterocycles. The second kappa shape index (κ2) is 4.99. The van der Waals surface area contributed by atoms with Gasteiger partial charge in [0.05, 0.1) is 11.5 Å². The van der Waals surface area contributed by atoms with E-state index in [1.165, 1.54) is 5.56 Å². The molecule has 0 saturated carbocycles. The molecule has 1 fully saturated rings. The summed E-state index contributed by atoms with van der Waals surface area (Å²) in [6.07, 6.45) is 0.815. The van der Waals surface area contributed by atoms with Gasteiger partial charge in [-0.3, -0.25) is 9.69 Å². The van der Waals surface area contributed by atoms with Crippen LogP contribution in [0.25, 0.3) is 0 Å². The summed E-state index contributed by atoms with van der Waals surface area (Å²) in [6.45, 7) is 5.54. The first-order chi connectivity index (χ1) is 8.44. The molecule has 5 heteroatoms. The molecule has 1 aromatic heterocycles. The van der Waals surface area contributed by atoms with Gasteiger partial charge in [-0.15, -0.1) is 0 Å². The lowest BCUT2D eigenvalue weighted by Crippen LogP contribution is -2.41. The van der Waals surface area contributed by atoms with Crippen LogP contribution in [0.5, 0.6) is 0 Å². The minimum atomic E-state index is -0.414. The highest BCUT2D eigenvalue weighted by Crippen LogP contribution is 2.36. The van der Waals surface area contributed by atoms with Gasteiger partial charge >= 0.3 is 0 Å². The number of carbonyl (C=O) groups excluding carboxylic acids is 1. The maximum Gasteiger partial charge on any atom is 0.224 e. The van der Waals surface area contributed by atoms with E-state index in [2.05, 4.69) is 21.7 Å². The van der Waals surface area contributed by atoms with E-state index < -0.39 is 5.41 Å². The molecule has 0 radical (unpaired) electrons. The van der Waals surface area contributed by atoms with Gasteiger partial charge in [-0.1, -0.05) is 0 Å². The van der Waals surface area contributed by atoms with Crippen molar-refractivity contribution in [2.45, 2.75) is 32.4 Å². The van der Waals surface area contributed by atoms with Crippen LogP contribution in [0.15, 0.2) is 16.8 Å². The SMILES string of the molecule is CC(N)C(c1ccsc1)N1CCC(C)(C(N)=O)C1. The zero-order chi connectivity index (χ0) is 13.3. The summed E-state index contributed by atoms with van der Waals surface area (Å²) in [5.74, 6) is -0.209. The van der Waals surface area contributed by atoms with E-state index in [1.54, 1.807) is 11.3 Å². The highest BCUT2D eigenvalue weighted by molar-refractivity contribution is 7.07. The van der Waals surface area contributed by atoms with E-state index in [1.807, 2.05) is 13.8 Å². The maximum atomic E-state index is 11.5. The number of likely N-dealkylation sites (tertiary alicyclic amines) is 1. The standard InChI is InChI=1S/C13H21N3OS/c1-9(14)11(10-3-6-18-7-10)16-5-4-13(2,8-16)12(15)17/h3,6-7,9,11H,4-5,8,14H2,1-2H3,(H2,15,17). The number of hydrogen-bond acceptors (Lipinski definition) is 4. The Bertz CT molecular complexity index is 418. The number of primary amides is 1. The van der Waals surface area contributed by atoms with Crippen LogP contribution in [0, 0.1) is 5.41 Å². The van der Waals surface area contributed by atoms with Crippen LogP contribution in [0.4, 0.5) is 0 Å². The van der Waals surface area contributed by atoms with Crippen LogP contribution in [-0.2, 0) is 4.79 Å². The van der Waals surface area contributed by atoms with Gasteiger partial charge in [-0.05, 0) is 49.2 Å². The Morgan fingerprint density at radius 1 is 1.61 bits per heavy atom. The molecule has 4 N–H and O–H groups in total. The molecule has 1 amide bonds. The average molecular weight is 267 g/mol. The molecule has 2 rings (SSSR count). The van der Waals surface area contributed by atoms with Gasteiger partial charge < -0.3 is 11.5 Å². The Labute approximate surface area is 112 Å². The molecule has 3 atom stereocenters. The van der Waals surface area contributed by atoms with Gasteiger partial charge in [0.2, 0.25) is 5.91 Å². The highest BCUT2D eigenvalue weighted by atomic mass is 32.1. The number of nitrogens with zero attached hydrogens (tertiary/aromatic N) is 1. The van der Waals surface area contributed by atoms with Crippen LogP contribution in [-0.4, -0.2) is 29.9 Å². The predicted octanol–water partition coefficient (Wildman–Crippen LogP) is 1.33. The molecular formula is C13H21N3OS. The molecule has 0 aromatic carbocycles. The normalized spacial score (nSPS) is 28.2. The Kier molecular flexibility index (Phi) is 3.75. The molecule has 1 aromatic rings. The van der Waals surface area contributed by atoms with E-state index in [0.29, 0.717) is 6.54 Å². The van der Waals surface area contributed by atoms with Crippen LogP contribution in [0.2, 0.25) is 0 Å². The molecule has 100 valence electrons. The quantitative estimate of drug-likeness (QED) is 0.864. The fourth-order valence-corrected chi connectivity index (χ4v) is 3.41. The summed E-state index contributed by atoms with van der Waals surface area (Å²) in [6, 6.07) is 2.32. The van der Waals surface area contributed by atoms with E-state index in [4.69, 9.17) is 11.5 Å². The van der Waals surface area contributed by atoms with Crippen molar-refractivity contribution in [3.63, 3.8) is 0 Å². The smallest absolute Gasteiger partial charge is 0.224 e. The monoisotopic (exact) mass is 267 g/mol. The third-order valence-corrected chi connectivity index (χ3v) is 4.58. The van der Waals surface area contributed by atoms with Crippen molar-refractivity contribution in [2.75, 3.05) is 13.1 Å². The first-order valence-electron chi connectivity index (χ1n) is 6.26. The summed E-state index contributed by atoms with van der Waals surface area (Å²) >= 11 is 1.68. The Morgan fingerprint density at radius 3 is 2.78 bits per heavy atom. The molecule has 3 unspecified atom stereocenters. The lowest BCUT2D eigenvalue weighted by molar-refractivity contribution is -0.126. The number of hydrogen-bond donors (Lipinski definition) is 2. The Balaban J connectivity index is 2.18. The summed E-state index contributed by atoms with van der Waals surface area (Å²) in [5, 5.41) is 4.20. The van der Waals surface area contributed by atoms with Crippen LogP contribution in [0.3, 0.4) is 0 Å². The number of thiophene rings is 1. The summed E-state index contributed by atoms with van der Waals surface area (Å²) in [4.78, 5) is 13.8. The molecule has 0 bridgehead atoms. The third-order valence-electron chi connectivity index (χ3n) is 3.87. The summed E-state index contributed by atoms with van der Waals surface area (Å²) < 4.78 is 0. The molecule has 18 heavy (non-hydrogen) atoms. The topological polar surface area (TPSA) is 72.3 Å². The Hall–Kier alpha value is -0.910. The number of amides is 1. The molecule has 1 aliphatic rings. The minimum Gasteiger partial charge on any atom is -0.369 e. The van der Waals surface area contributed by atoms with E-state index in [9.17, 15) is 4.79 Å². The lowest BCUT2D eigenvalue weighted by Gasteiger charge is -2.31. The highest BCUT2D eigenvalue weighted by Gasteiger charge is 2.42. The van der Waals surface area contributed by atoms with Crippen molar-refractivity contribution in [1.29, 1.82) is 0 Å². The first-order valence-corrected chi connectivity index (χ1v) is 7.20. The second-order valence-electron chi connectivity index (χ2n) is 5.51. The third kappa shape index (κ3) is 2.43. The van der Waals surface area contributed by atoms with Crippen molar-refractivity contribution in [3.8, 4) is 0 Å². The molecule has 0 spiro atoms. The molecule has 1 saturated heterocycles. The van der Waals surface area contributed by atoms with Gasteiger partial charge in [-0.25, -0.2) is 0 Å². The second-order valence-corrected chi connectivity index (χ2v) is 6.29. The van der Waals surface area contributed by atoms with Crippen molar-refractivity contribution in [2.24, 2.45) is 16.9 Å². The zero-order valence-corrected chi connectivity index (χ0v) is 11.7. The van der Waals surface area contributed by atoms with Crippen molar-refractivity contribution < 1.29 is 4.79 Å². The Morgan fingerprint density at radius 2 is 2.33 bits per heavy atom. The molecular weight excluding hydrogens is 246 g/mol. The minimum absolute atomic E-state index is 0.0369. The van der Waals surface area contributed by atoms with E-state index in [-0.39, 0.29) is 18.0 Å². The maximum absolute atomic E-state index is 11.5. The average Bonchev–Trinajstić information content (AvgIpc) is 2.89. The van der Waals surface area contributed by atoms with Crippen molar-refractivity contribution in [1.82, 2.24) is 4.90 Å². The summed E-state index contributed by atoms with van der Waals surface area (Å²) in [7, 11) is 0. The van der Waals surface area contributed by atoms with Gasteiger partial charge in [0.25, 0.3) is 0 Å². The fraction of sp³-hybridized carbons (Fsp3) is 0.615. The lowest BCUT2D eigenvalue weighted by atomic mass is 9.89. The molecule has 1 aliphatic heterocycles. The van der Waals surface area contributed by atoms with Gasteiger partial charge in [-0.2, -0.15) is 11.3 Å². The van der Waals surface area contributed by atoms with Crippen LogP contribution >= 0.6 is 11.3 Å². The predicted molar refractivity (Wildman–Crippen MR) is 74.2 cm³/mol. The largest absolute Gasteiger partial charge is 0.369 e. The first kappa shape index (κ1) is 13.5.